The topological polar surface area (TPSA) is 55.8 Å². The molecule has 19 heavy (non-hydrogen) atoms. The second kappa shape index (κ2) is 5.72. The van der Waals surface area contributed by atoms with Crippen molar-refractivity contribution in [2.24, 2.45) is 0 Å². The van der Waals surface area contributed by atoms with Gasteiger partial charge in [-0.25, -0.2) is 13.6 Å². The minimum atomic E-state index is -5.03. The summed E-state index contributed by atoms with van der Waals surface area (Å²) in [6, 6.07) is 2.08. The quantitative estimate of drug-likeness (QED) is 0.845. The number of carboxylic acid groups (broad SMARTS) is 1. The number of ether oxygens (including phenoxy) is 2. The molecule has 0 saturated carbocycles. The fourth-order valence-electron chi connectivity index (χ4n) is 1.13. The van der Waals surface area contributed by atoms with Crippen LogP contribution in [0.3, 0.4) is 0 Å². The molecule has 1 aromatic rings. The Morgan fingerprint density at radius 2 is 1.79 bits per heavy atom. The lowest BCUT2D eigenvalue weighted by Crippen LogP contribution is -2.17. The van der Waals surface area contributed by atoms with Gasteiger partial charge in [-0.3, -0.25) is 0 Å². The van der Waals surface area contributed by atoms with E-state index in [1.807, 2.05) is 0 Å². The molecule has 0 aromatic heterocycles. The third-order valence-corrected chi connectivity index (χ3v) is 1.74. The maximum Gasteiger partial charge on any atom is 0.573 e. The largest absolute Gasteiger partial charge is 0.573 e. The zero-order valence-corrected chi connectivity index (χ0v) is 9.08. The van der Waals surface area contributed by atoms with Crippen LogP contribution in [0.15, 0.2) is 18.2 Å². The Hall–Kier alpha value is -2.06. The first-order valence-electron chi connectivity index (χ1n) is 4.72. The molecular weight excluding hydrogens is 279 g/mol. The number of hydrogen-bond donors (Lipinski definition) is 1. The Labute approximate surface area is 103 Å². The van der Waals surface area contributed by atoms with Gasteiger partial charge in [0.2, 0.25) is 0 Å². The van der Waals surface area contributed by atoms with Crippen LogP contribution in [0, 0.1) is 0 Å². The van der Waals surface area contributed by atoms with Crippen LogP contribution in [0.25, 0.3) is 0 Å². The van der Waals surface area contributed by atoms with Gasteiger partial charge in [-0.2, -0.15) is 0 Å². The second-order valence-corrected chi connectivity index (χ2v) is 3.25. The number of benzene rings is 1. The van der Waals surface area contributed by atoms with Gasteiger partial charge in [0.15, 0.2) is 0 Å². The summed E-state index contributed by atoms with van der Waals surface area (Å²) in [4.78, 5) is 10.7. The van der Waals surface area contributed by atoms with Gasteiger partial charge in [-0.05, 0) is 12.1 Å². The molecule has 0 aliphatic rings. The van der Waals surface area contributed by atoms with Crippen molar-refractivity contribution in [2.75, 3.05) is 6.61 Å². The number of aromatic carboxylic acids is 1. The average molecular weight is 286 g/mol. The van der Waals surface area contributed by atoms with Crippen molar-refractivity contribution < 1.29 is 41.3 Å². The molecule has 0 aliphatic heterocycles. The summed E-state index contributed by atoms with van der Waals surface area (Å²) in [5, 5.41) is 8.67. The monoisotopic (exact) mass is 286 g/mol. The zero-order chi connectivity index (χ0) is 14.6. The molecule has 0 atom stereocenters. The second-order valence-electron chi connectivity index (χ2n) is 3.25. The molecule has 0 aliphatic carbocycles. The summed E-state index contributed by atoms with van der Waals surface area (Å²) in [5.41, 5.74) is -0.578. The van der Waals surface area contributed by atoms with E-state index in [9.17, 15) is 26.7 Å². The van der Waals surface area contributed by atoms with E-state index >= 15 is 0 Å². The summed E-state index contributed by atoms with van der Waals surface area (Å²) in [7, 11) is 0. The van der Waals surface area contributed by atoms with Crippen molar-refractivity contribution in [3.63, 3.8) is 0 Å². The Bertz CT molecular complexity index is 458. The minimum absolute atomic E-state index is 0.459. The van der Waals surface area contributed by atoms with Gasteiger partial charge in [-0.15, -0.1) is 13.2 Å². The van der Waals surface area contributed by atoms with Crippen LogP contribution < -0.4 is 9.47 Å². The van der Waals surface area contributed by atoms with Crippen LogP contribution in [0.4, 0.5) is 22.0 Å². The van der Waals surface area contributed by atoms with Crippen molar-refractivity contribution >= 4 is 5.97 Å². The molecule has 0 heterocycles. The molecule has 1 aromatic carbocycles. The molecule has 0 bridgehead atoms. The van der Waals surface area contributed by atoms with E-state index in [1.54, 1.807) is 0 Å². The van der Waals surface area contributed by atoms with Crippen LogP contribution in [0.1, 0.15) is 10.4 Å². The Kier molecular flexibility index (Phi) is 4.52. The summed E-state index contributed by atoms with van der Waals surface area (Å²) < 4.78 is 67.7. The van der Waals surface area contributed by atoms with Crippen molar-refractivity contribution in [2.45, 2.75) is 12.8 Å². The van der Waals surface area contributed by atoms with E-state index in [2.05, 4.69) is 9.47 Å². The van der Waals surface area contributed by atoms with E-state index in [0.717, 1.165) is 6.07 Å². The summed E-state index contributed by atoms with van der Waals surface area (Å²) in [5.74, 6) is -2.87. The van der Waals surface area contributed by atoms with E-state index in [4.69, 9.17) is 5.11 Å². The number of alkyl halides is 5. The highest BCUT2D eigenvalue weighted by Crippen LogP contribution is 2.28. The lowest BCUT2D eigenvalue weighted by atomic mass is 10.2. The van der Waals surface area contributed by atoms with E-state index in [0.29, 0.717) is 12.1 Å². The highest BCUT2D eigenvalue weighted by Gasteiger charge is 2.31. The van der Waals surface area contributed by atoms with Gasteiger partial charge in [0.05, 0.1) is 5.56 Å². The van der Waals surface area contributed by atoms with Gasteiger partial charge in [-0.1, -0.05) is 0 Å². The van der Waals surface area contributed by atoms with Gasteiger partial charge < -0.3 is 14.6 Å². The minimum Gasteiger partial charge on any atom is -0.487 e. The summed E-state index contributed by atoms with van der Waals surface area (Å²) in [6.45, 7) is -1.07. The van der Waals surface area contributed by atoms with Crippen molar-refractivity contribution in [1.29, 1.82) is 0 Å². The first kappa shape index (κ1) is 15.0. The molecule has 0 saturated heterocycles. The van der Waals surface area contributed by atoms with Crippen molar-refractivity contribution in [3.05, 3.63) is 23.8 Å². The molecule has 0 amide bonds. The third-order valence-electron chi connectivity index (χ3n) is 1.74. The van der Waals surface area contributed by atoms with Gasteiger partial charge in [0, 0.05) is 6.07 Å². The fourth-order valence-corrected chi connectivity index (χ4v) is 1.13. The molecule has 1 N–H and O–H groups in total. The predicted octanol–water partition coefficient (Wildman–Crippen LogP) is 2.93. The smallest absolute Gasteiger partial charge is 0.487 e. The van der Waals surface area contributed by atoms with E-state index < -0.39 is 42.4 Å². The maximum atomic E-state index is 12.0. The van der Waals surface area contributed by atoms with Gasteiger partial charge in [0.1, 0.15) is 18.1 Å². The normalized spacial score (nSPS) is 11.5. The molecule has 0 spiro atoms. The van der Waals surface area contributed by atoms with Crippen molar-refractivity contribution in [3.8, 4) is 11.5 Å². The number of rotatable bonds is 5. The van der Waals surface area contributed by atoms with Crippen LogP contribution in [0.2, 0.25) is 0 Å². The van der Waals surface area contributed by atoms with Crippen LogP contribution in [-0.4, -0.2) is 30.5 Å². The lowest BCUT2D eigenvalue weighted by molar-refractivity contribution is -0.274. The van der Waals surface area contributed by atoms with Crippen LogP contribution in [0.5, 0.6) is 11.5 Å². The Morgan fingerprint density at radius 1 is 1.21 bits per heavy atom. The average Bonchev–Trinajstić information content (AvgIpc) is 2.23. The fraction of sp³-hybridized carbons (Fsp3) is 0.300. The van der Waals surface area contributed by atoms with E-state index in [-0.39, 0.29) is 0 Å². The molecular formula is C10H7F5O4. The molecule has 0 radical (unpaired) electrons. The lowest BCUT2D eigenvalue weighted by Gasteiger charge is -2.12. The Morgan fingerprint density at radius 3 is 2.26 bits per heavy atom. The number of carbonyl (C=O) groups is 1. The molecule has 0 fully saturated rings. The molecule has 4 nitrogen and oxygen atoms in total. The standard InChI is InChI=1S/C10H7F5O4/c11-8(12)4-18-6-1-5(9(16)17)2-7(3-6)19-10(13,14)15/h1-3,8H,4H2,(H,16,17). The number of carboxylic acids is 1. The third kappa shape index (κ3) is 5.40. The summed E-state index contributed by atoms with van der Waals surface area (Å²) in [6.07, 6.45) is -7.88. The van der Waals surface area contributed by atoms with Crippen LogP contribution >= 0.6 is 0 Å². The number of halogens is 5. The van der Waals surface area contributed by atoms with Crippen molar-refractivity contribution in [1.82, 2.24) is 0 Å². The SMILES string of the molecule is O=C(O)c1cc(OCC(F)F)cc(OC(F)(F)F)c1. The zero-order valence-electron chi connectivity index (χ0n) is 9.08. The van der Waals surface area contributed by atoms with Gasteiger partial charge in [0.25, 0.3) is 6.43 Å². The highest BCUT2D eigenvalue weighted by molar-refractivity contribution is 5.88. The molecule has 9 heteroatoms. The first-order valence-corrected chi connectivity index (χ1v) is 4.72. The molecule has 0 unspecified atom stereocenters. The molecule has 106 valence electrons. The number of hydrogen-bond acceptors (Lipinski definition) is 3. The summed E-state index contributed by atoms with van der Waals surface area (Å²) >= 11 is 0. The molecule has 1 rings (SSSR count). The highest BCUT2D eigenvalue weighted by atomic mass is 19.4. The van der Waals surface area contributed by atoms with E-state index in [1.165, 1.54) is 0 Å². The maximum absolute atomic E-state index is 12.0. The van der Waals surface area contributed by atoms with Crippen LogP contribution in [-0.2, 0) is 0 Å². The Balaban J connectivity index is 3.00. The predicted molar refractivity (Wildman–Crippen MR) is 51.6 cm³/mol. The first-order chi connectivity index (χ1) is 8.67. The van der Waals surface area contributed by atoms with Gasteiger partial charge >= 0.3 is 12.3 Å².